The molecule has 0 bridgehead atoms. The van der Waals surface area contributed by atoms with Crippen LogP contribution in [0.5, 0.6) is 17.2 Å². The highest BCUT2D eigenvalue weighted by Gasteiger charge is 2.58. The van der Waals surface area contributed by atoms with Crippen molar-refractivity contribution in [1.29, 1.82) is 0 Å². The minimum atomic E-state index is -4.47. The van der Waals surface area contributed by atoms with Gasteiger partial charge in [0.15, 0.2) is 11.5 Å². The van der Waals surface area contributed by atoms with Crippen molar-refractivity contribution in [2.75, 3.05) is 30.2 Å². The van der Waals surface area contributed by atoms with Crippen molar-refractivity contribution >= 4 is 23.0 Å². The van der Waals surface area contributed by atoms with Gasteiger partial charge in [0.05, 0.1) is 11.3 Å². The van der Waals surface area contributed by atoms with Crippen LogP contribution in [0.3, 0.4) is 0 Å². The lowest BCUT2D eigenvalue weighted by atomic mass is 9.76. The number of carbonyl (C=O) groups excluding carboxylic acids is 1. The van der Waals surface area contributed by atoms with Crippen molar-refractivity contribution in [2.45, 2.75) is 37.8 Å². The number of nitrogens with zero attached hydrogens (tertiary/aromatic N) is 1. The fourth-order valence-electron chi connectivity index (χ4n) is 5.46. The van der Waals surface area contributed by atoms with Crippen LogP contribution in [0.4, 0.5) is 30.2 Å². The average Bonchev–Trinajstić information content (AvgIpc) is 3.55. The number of alkyl halides is 3. The van der Waals surface area contributed by atoms with Crippen LogP contribution in [0.2, 0.25) is 0 Å². The topological polar surface area (TPSA) is 60.0 Å². The highest BCUT2D eigenvalue weighted by Crippen LogP contribution is 2.57. The second kappa shape index (κ2) is 8.61. The van der Waals surface area contributed by atoms with Gasteiger partial charge in [0.25, 0.3) is 0 Å². The molecule has 3 heterocycles. The Morgan fingerprint density at radius 2 is 1.76 bits per heavy atom. The van der Waals surface area contributed by atoms with Gasteiger partial charge >= 0.3 is 6.18 Å². The molecule has 1 unspecified atom stereocenters. The van der Waals surface area contributed by atoms with E-state index in [1.807, 2.05) is 12.1 Å². The first-order valence-electron chi connectivity index (χ1n) is 12.3. The summed E-state index contributed by atoms with van der Waals surface area (Å²) >= 11 is 0. The van der Waals surface area contributed by atoms with E-state index < -0.39 is 17.2 Å². The Labute approximate surface area is 211 Å². The van der Waals surface area contributed by atoms with Crippen LogP contribution in [0.15, 0.2) is 54.6 Å². The predicted molar refractivity (Wildman–Crippen MR) is 132 cm³/mol. The van der Waals surface area contributed by atoms with E-state index in [0.29, 0.717) is 40.6 Å². The molecule has 1 atom stereocenters. The zero-order chi connectivity index (χ0) is 25.8. The number of hydrogen-bond donors (Lipinski definition) is 1. The number of hydrogen-bond acceptors (Lipinski definition) is 5. The van der Waals surface area contributed by atoms with Gasteiger partial charge in [-0.2, -0.15) is 13.2 Å². The third-order valence-corrected chi connectivity index (χ3v) is 7.20. The highest BCUT2D eigenvalue weighted by molar-refractivity contribution is 6.13. The molecule has 192 valence electrons. The molecule has 1 amide bonds. The first-order valence-corrected chi connectivity index (χ1v) is 12.3. The molecule has 9 heteroatoms. The van der Waals surface area contributed by atoms with Gasteiger partial charge in [-0.3, -0.25) is 4.79 Å². The zero-order valence-corrected chi connectivity index (χ0v) is 20.2. The molecule has 1 spiro atoms. The van der Waals surface area contributed by atoms with E-state index in [0.717, 1.165) is 37.1 Å². The molecule has 0 radical (unpaired) electrons. The van der Waals surface area contributed by atoms with Crippen molar-refractivity contribution < 1.29 is 32.2 Å². The van der Waals surface area contributed by atoms with Crippen molar-refractivity contribution in [3.8, 4) is 17.2 Å². The van der Waals surface area contributed by atoms with Crippen LogP contribution < -0.4 is 24.4 Å². The van der Waals surface area contributed by atoms with E-state index >= 15 is 0 Å². The van der Waals surface area contributed by atoms with E-state index in [1.54, 1.807) is 29.2 Å². The summed E-state index contributed by atoms with van der Waals surface area (Å²) in [5.41, 5.74) is 0.998. The zero-order valence-electron chi connectivity index (χ0n) is 20.2. The number of anilines is 3. The molecule has 3 aromatic carbocycles. The SMILES string of the molecule is CCCCCN1C(=O)C2(COc3cc4c(cc32)OCO4)c2c(Nc3cccc(C(F)(F)F)c3)cccc21. The van der Waals surface area contributed by atoms with Crippen molar-refractivity contribution in [3.05, 3.63) is 71.3 Å². The van der Waals surface area contributed by atoms with Crippen LogP contribution in [-0.2, 0) is 16.4 Å². The van der Waals surface area contributed by atoms with Crippen LogP contribution in [0.25, 0.3) is 0 Å². The fraction of sp³-hybridized carbons (Fsp3) is 0.321. The summed E-state index contributed by atoms with van der Waals surface area (Å²) in [4.78, 5) is 16.0. The summed E-state index contributed by atoms with van der Waals surface area (Å²) in [7, 11) is 0. The van der Waals surface area contributed by atoms with E-state index in [-0.39, 0.29) is 25.0 Å². The number of unbranched alkanes of at least 4 members (excludes halogenated alkanes) is 2. The number of rotatable bonds is 6. The predicted octanol–water partition coefficient (Wildman–Crippen LogP) is 6.39. The molecule has 3 aromatic rings. The van der Waals surface area contributed by atoms with Gasteiger partial charge < -0.3 is 24.4 Å². The van der Waals surface area contributed by atoms with E-state index in [2.05, 4.69) is 12.2 Å². The van der Waals surface area contributed by atoms with Crippen LogP contribution in [-0.4, -0.2) is 25.9 Å². The molecule has 37 heavy (non-hydrogen) atoms. The Hall–Kier alpha value is -3.88. The molecule has 6 nitrogen and oxygen atoms in total. The summed E-state index contributed by atoms with van der Waals surface area (Å²) < 4.78 is 57.3. The summed E-state index contributed by atoms with van der Waals surface area (Å²) in [6.07, 6.45) is -1.66. The Bertz CT molecular complexity index is 1390. The molecule has 0 fully saturated rings. The largest absolute Gasteiger partial charge is 0.491 e. The van der Waals surface area contributed by atoms with Crippen molar-refractivity contribution in [3.63, 3.8) is 0 Å². The maximum atomic E-state index is 14.2. The number of fused-ring (bicyclic) bond motifs is 5. The average molecular weight is 511 g/mol. The van der Waals surface area contributed by atoms with Gasteiger partial charge in [0, 0.05) is 35.1 Å². The minimum absolute atomic E-state index is 0.0720. The summed E-state index contributed by atoms with van der Waals surface area (Å²) in [5.74, 6) is 1.50. The first-order chi connectivity index (χ1) is 17.8. The van der Waals surface area contributed by atoms with Gasteiger partial charge in [-0.1, -0.05) is 31.9 Å². The monoisotopic (exact) mass is 510 g/mol. The molecule has 3 aliphatic rings. The Balaban J connectivity index is 1.49. The quantitative estimate of drug-likeness (QED) is 0.389. The second-order valence-corrected chi connectivity index (χ2v) is 9.46. The number of amides is 1. The molecule has 3 aliphatic heterocycles. The number of benzene rings is 3. The lowest BCUT2D eigenvalue weighted by molar-refractivity contribution is -0.137. The highest BCUT2D eigenvalue weighted by atomic mass is 19.4. The fourth-order valence-corrected chi connectivity index (χ4v) is 5.46. The van der Waals surface area contributed by atoms with Crippen LogP contribution in [0.1, 0.15) is 42.9 Å². The van der Waals surface area contributed by atoms with E-state index in [1.165, 1.54) is 6.07 Å². The van der Waals surface area contributed by atoms with Crippen molar-refractivity contribution in [1.82, 2.24) is 0 Å². The molecule has 0 saturated carbocycles. The molecular formula is C28H25F3N2O4. The number of nitrogens with one attached hydrogen (secondary N) is 1. The van der Waals surface area contributed by atoms with Crippen LogP contribution in [0, 0.1) is 0 Å². The summed E-state index contributed by atoms with van der Waals surface area (Å²) in [6.45, 7) is 2.79. The number of carbonyl (C=O) groups is 1. The molecule has 0 saturated heterocycles. The molecule has 0 aromatic heterocycles. The number of halogens is 3. The van der Waals surface area contributed by atoms with Gasteiger partial charge in [0.1, 0.15) is 17.8 Å². The van der Waals surface area contributed by atoms with Gasteiger partial charge in [-0.25, -0.2) is 0 Å². The minimum Gasteiger partial charge on any atom is -0.491 e. The smallest absolute Gasteiger partial charge is 0.416 e. The van der Waals surface area contributed by atoms with Crippen molar-refractivity contribution in [2.24, 2.45) is 0 Å². The van der Waals surface area contributed by atoms with Gasteiger partial charge in [-0.15, -0.1) is 0 Å². The Morgan fingerprint density at radius 3 is 2.54 bits per heavy atom. The number of ether oxygens (including phenoxy) is 3. The standard InChI is InChI=1S/C28H25F3N2O4/c1-2-3-4-11-33-21-10-6-9-20(32-18-8-5-7-17(12-18)28(29,30)31)25(21)27(26(33)34)15-35-22-14-24-23(13-19(22)27)36-16-37-24/h5-10,12-14,32H,2-4,11,15-16H2,1H3. The maximum Gasteiger partial charge on any atom is 0.416 e. The van der Waals surface area contributed by atoms with E-state index in [4.69, 9.17) is 14.2 Å². The van der Waals surface area contributed by atoms with Gasteiger partial charge in [-0.05, 0) is 42.8 Å². The Morgan fingerprint density at radius 1 is 0.973 bits per heavy atom. The molecule has 6 rings (SSSR count). The van der Waals surface area contributed by atoms with Gasteiger partial charge in [0.2, 0.25) is 12.7 Å². The second-order valence-electron chi connectivity index (χ2n) is 9.46. The lowest BCUT2D eigenvalue weighted by Gasteiger charge is -2.24. The molecular weight excluding hydrogens is 485 g/mol. The maximum absolute atomic E-state index is 14.2. The molecule has 1 N–H and O–H groups in total. The summed E-state index contributed by atoms with van der Waals surface area (Å²) in [6, 6.07) is 14.1. The summed E-state index contributed by atoms with van der Waals surface area (Å²) in [5, 5.41) is 3.17. The first kappa shape index (κ1) is 23.5. The third kappa shape index (κ3) is 3.67. The van der Waals surface area contributed by atoms with E-state index in [9.17, 15) is 18.0 Å². The Kier molecular flexibility index (Phi) is 5.47. The molecule has 0 aliphatic carbocycles. The lowest BCUT2D eigenvalue weighted by Crippen LogP contribution is -2.43. The normalized spacial score (nSPS) is 19.2. The third-order valence-electron chi connectivity index (χ3n) is 7.20. The van der Waals surface area contributed by atoms with Crippen LogP contribution >= 0.6 is 0 Å².